The maximum Gasteiger partial charge on any atom is 0.251 e. The van der Waals surface area contributed by atoms with Crippen molar-refractivity contribution in [1.82, 2.24) is 5.32 Å². The van der Waals surface area contributed by atoms with Crippen molar-refractivity contribution in [3.05, 3.63) is 29.3 Å². The number of benzene rings is 1. The monoisotopic (exact) mass is 251 g/mol. The average Bonchev–Trinajstić information content (AvgIpc) is 2.83. The second-order valence-electron chi connectivity index (χ2n) is 4.76. The minimum atomic E-state index is -1.30. The minimum absolute atomic E-state index is 0.00984. The second kappa shape index (κ2) is 4.96. The van der Waals surface area contributed by atoms with Gasteiger partial charge in [-0.2, -0.15) is 0 Å². The lowest BCUT2D eigenvalue weighted by Gasteiger charge is -2.20. The van der Waals surface area contributed by atoms with E-state index in [0.717, 1.165) is 17.7 Å². The molecule has 18 heavy (non-hydrogen) atoms. The van der Waals surface area contributed by atoms with Gasteiger partial charge in [-0.1, -0.05) is 0 Å². The fourth-order valence-corrected chi connectivity index (χ4v) is 1.76. The van der Waals surface area contributed by atoms with E-state index in [1.165, 1.54) is 6.92 Å². The van der Waals surface area contributed by atoms with Crippen molar-refractivity contribution in [2.45, 2.75) is 18.9 Å². The van der Waals surface area contributed by atoms with Crippen LogP contribution in [-0.4, -0.2) is 41.5 Å². The molecule has 3 N–H and O–H groups in total. The predicted octanol–water partition coefficient (Wildman–Crippen LogP) is 0.0946. The Morgan fingerprint density at radius 3 is 3.06 bits per heavy atom. The summed E-state index contributed by atoms with van der Waals surface area (Å²) in [5.41, 5.74) is 0.264. The Labute approximate surface area is 105 Å². The standard InChI is InChI=1S/C13H17NO4/c1-13(17,8-15)7-14-12(16)10-2-3-11-9(6-10)4-5-18-11/h2-3,6,15,17H,4-5,7-8H2,1H3,(H,14,16). The number of hydrogen-bond acceptors (Lipinski definition) is 4. The maximum absolute atomic E-state index is 11.9. The number of rotatable bonds is 4. The molecule has 1 heterocycles. The quantitative estimate of drug-likeness (QED) is 0.709. The Morgan fingerprint density at radius 2 is 2.33 bits per heavy atom. The lowest BCUT2D eigenvalue weighted by molar-refractivity contribution is 0.00320. The van der Waals surface area contributed by atoms with Crippen LogP contribution in [-0.2, 0) is 6.42 Å². The highest BCUT2D eigenvalue weighted by Crippen LogP contribution is 2.25. The molecule has 5 heteroatoms. The number of aliphatic hydroxyl groups is 2. The van der Waals surface area contributed by atoms with E-state index in [1.807, 2.05) is 0 Å². The Morgan fingerprint density at radius 1 is 1.56 bits per heavy atom. The zero-order valence-electron chi connectivity index (χ0n) is 10.3. The van der Waals surface area contributed by atoms with Crippen molar-refractivity contribution in [3.63, 3.8) is 0 Å². The third-order valence-electron chi connectivity index (χ3n) is 2.92. The fourth-order valence-electron chi connectivity index (χ4n) is 1.76. The molecule has 1 atom stereocenters. The summed E-state index contributed by atoms with van der Waals surface area (Å²) >= 11 is 0. The highest BCUT2D eigenvalue weighted by atomic mass is 16.5. The van der Waals surface area contributed by atoms with Gasteiger partial charge < -0.3 is 20.3 Å². The molecule has 1 aliphatic rings. The van der Waals surface area contributed by atoms with Crippen LogP contribution < -0.4 is 10.1 Å². The van der Waals surface area contributed by atoms with Crippen molar-refractivity contribution < 1.29 is 19.7 Å². The molecule has 0 spiro atoms. The number of amides is 1. The van der Waals surface area contributed by atoms with Gasteiger partial charge in [-0.3, -0.25) is 4.79 Å². The molecule has 0 aromatic heterocycles. The molecule has 0 bridgehead atoms. The van der Waals surface area contributed by atoms with Gasteiger partial charge in [-0.25, -0.2) is 0 Å². The Balaban J connectivity index is 2.01. The molecule has 98 valence electrons. The van der Waals surface area contributed by atoms with Crippen LogP contribution >= 0.6 is 0 Å². The Kier molecular flexibility index (Phi) is 3.54. The summed E-state index contributed by atoms with van der Waals surface area (Å²) in [4.78, 5) is 11.9. The summed E-state index contributed by atoms with van der Waals surface area (Å²) in [6, 6.07) is 5.26. The minimum Gasteiger partial charge on any atom is -0.493 e. The summed E-state index contributed by atoms with van der Waals surface area (Å²) in [5, 5.41) is 21.1. The van der Waals surface area contributed by atoms with Gasteiger partial charge in [0.1, 0.15) is 11.4 Å². The van der Waals surface area contributed by atoms with Crippen LogP contribution in [0.2, 0.25) is 0 Å². The average molecular weight is 251 g/mol. The normalized spacial score (nSPS) is 16.6. The van der Waals surface area contributed by atoms with E-state index in [2.05, 4.69) is 5.32 Å². The van der Waals surface area contributed by atoms with Gasteiger partial charge in [0.05, 0.1) is 13.2 Å². The van der Waals surface area contributed by atoms with Crippen LogP contribution in [0.1, 0.15) is 22.8 Å². The number of carbonyl (C=O) groups excluding carboxylic acids is 1. The van der Waals surface area contributed by atoms with E-state index in [1.54, 1.807) is 18.2 Å². The summed E-state index contributed by atoms with van der Waals surface area (Å²) < 4.78 is 5.36. The third kappa shape index (κ3) is 2.80. The molecule has 1 amide bonds. The number of ether oxygens (including phenoxy) is 1. The van der Waals surface area contributed by atoms with Crippen LogP contribution in [0.5, 0.6) is 5.75 Å². The van der Waals surface area contributed by atoms with Gasteiger partial charge in [-0.15, -0.1) is 0 Å². The van der Waals surface area contributed by atoms with Crippen molar-refractivity contribution in [2.24, 2.45) is 0 Å². The van der Waals surface area contributed by atoms with Crippen molar-refractivity contribution in [3.8, 4) is 5.75 Å². The zero-order valence-corrected chi connectivity index (χ0v) is 10.3. The zero-order chi connectivity index (χ0) is 13.2. The molecule has 1 unspecified atom stereocenters. The van der Waals surface area contributed by atoms with Gasteiger partial charge >= 0.3 is 0 Å². The van der Waals surface area contributed by atoms with Crippen molar-refractivity contribution in [1.29, 1.82) is 0 Å². The van der Waals surface area contributed by atoms with E-state index in [9.17, 15) is 9.90 Å². The van der Waals surface area contributed by atoms with Gasteiger partial charge in [0.2, 0.25) is 0 Å². The first-order chi connectivity index (χ1) is 8.52. The first kappa shape index (κ1) is 12.9. The smallest absolute Gasteiger partial charge is 0.251 e. The van der Waals surface area contributed by atoms with Gasteiger partial charge in [-0.05, 0) is 30.7 Å². The highest BCUT2D eigenvalue weighted by Gasteiger charge is 2.21. The Bertz CT molecular complexity index is 456. The van der Waals surface area contributed by atoms with E-state index >= 15 is 0 Å². The number of fused-ring (bicyclic) bond motifs is 1. The molecule has 1 aromatic rings. The van der Waals surface area contributed by atoms with E-state index in [4.69, 9.17) is 9.84 Å². The van der Waals surface area contributed by atoms with E-state index in [0.29, 0.717) is 12.2 Å². The van der Waals surface area contributed by atoms with Crippen LogP contribution in [0.15, 0.2) is 18.2 Å². The SMILES string of the molecule is CC(O)(CO)CNC(=O)c1ccc2c(c1)CCO2. The lowest BCUT2D eigenvalue weighted by atomic mass is 10.1. The van der Waals surface area contributed by atoms with Gasteiger partial charge in [0.15, 0.2) is 0 Å². The summed E-state index contributed by atoms with van der Waals surface area (Å²) in [6.45, 7) is 1.73. The number of carbonyl (C=O) groups is 1. The van der Waals surface area contributed by atoms with Crippen molar-refractivity contribution in [2.75, 3.05) is 19.8 Å². The van der Waals surface area contributed by atoms with Gasteiger partial charge in [0, 0.05) is 18.5 Å². The number of aliphatic hydroxyl groups excluding tert-OH is 1. The van der Waals surface area contributed by atoms with E-state index in [-0.39, 0.29) is 12.5 Å². The van der Waals surface area contributed by atoms with Gasteiger partial charge in [0.25, 0.3) is 5.91 Å². The molecule has 2 rings (SSSR count). The molecule has 5 nitrogen and oxygen atoms in total. The largest absolute Gasteiger partial charge is 0.493 e. The summed E-state index contributed by atoms with van der Waals surface area (Å²) in [6.07, 6.45) is 0.810. The second-order valence-corrected chi connectivity index (χ2v) is 4.76. The molecule has 0 radical (unpaired) electrons. The Hall–Kier alpha value is -1.59. The van der Waals surface area contributed by atoms with E-state index < -0.39 is 12.2 Å². The molecule has 0 saturated carbocycles. The summed E-state index contributed by atoms with van der Waals surface area (Å²) in [5.74, 6) is 0.562. The molecular formula is C13H17NO4. The maximum atomic E-state index is 11.9. The predicted molar refractivity (Wildman–Crippen MR) is 65.7 cm³/mol. The summed E-state index contributed by atoms with van der Waals surface area (Å²) in [7, 11) is 0. The fraction of sp³-hybridized carbons (Fsp3) is 0.462. The molecular weight excluding hydrogens is 234 g/mol. The molecule has 1 aliphatic heterocycles. The number of hydrogen-bond donors (Lipinski definition) is 3. The van der Waals surface area contributed by atoms with Crippen molar-refractivity contribution >= 4 is 5.91 Å². The molecule has 0 fully saturated rings. The number of nitrogens with one attached hydrogen (secondary N) is 1. The molecule has 0 aliphatic carbocycles. The van der Waals surface area contributed by atoms with Crippen LogP contribution in [0.4, 0.5) is 0 Å². The molecule has 1 aromatic carbocycles. The van der Waals surface area contributed by atoms with Crippen LogP contribution in [0.25, 0.3) is 0 Å². The first-order valence-corrected chi connectivity index (χ1v) is 5.89. The topological polar surface area (TPSA) is 78.8 Å². The van der Waals surface area contributed by atoms with Crippen LogP contribution in [0, 0.1) is 0 Å². The lowest BCUT2D eigenvalue weighted by Crippen LogP contribution is -2.43. The van der Waals surface area contributed by atoms with Crippen LogP contribution in [0.3, 0.4) is 0 Å². The highest BCUT2D eigenvalue weighted by molar-refractivity contribution is 5.94. The first-order valence-electron chi connectivity index (χ1n) is 5.89. The third-order valence-corrected chi connectivity index (χ3v) is 2.92. The molecule has 0 saturated heterocycles.